The molecule has 0 saturated carbocycles. The van der Waals surface area contributed by atoms with E-state index in [1.54, 1.807) is 14.2 Å². The van der Waals surface area contributed by atoms with Gasteiger partial charge in [-0.2, -0.15) is 0 Å². The van der Waals surface area contributed by atoms with Crippen LogP contribution in [-0.4, -0.2) is 59.1 Å². The van der Waals surface area contributed by atoms with Gasteiger partial charge in [0.05, 0.1) is 6.61 Å². The SMILES string of the molecule is [B][C@@H]1O[C@H](COC)[C@H](OP(=S)(S)CC)C1OC. The summed E-state index contributed by atoms with van der Waals surface area (Å²) in [5, 5.41) is 0. The largest absolute Gasteiger partial charge is 0.382 e. The lowest BCUT2D eigenvalue weighted by atomic mass is 9.93. The van der Waals surface area contributed by atoms with E-state index in [0.717, 1.165) is 0 Å². The number of thiol groups is 1. The van der Waals surface area contributed by atoms with Crippen LogP contribution in [0, 0.1) is 0 Å². The smallest absolute Gasteiger partial charge is 0.120 e. The number of rotatable bonds is 6. The predicted octanol–water partition coefficient (Wildman–Crippen LogP) is 1.19. The highest BCUT2D eigenvalue weighted by Crippen LogP contribution is 2.54. The molecule has 0 spiro atoms. The lowest BCUT2D eigenvalue weighted by Crippen LogP contribution is -2.37. The molecular weight excluding hydrogens is 278 g/mol. The fourth-order valence-corrected chi connectivity index (χ4v) is 3.12. The first-order valence-electron chi connectivity index (χ1n) is 5.38. The fourth-order valence-electron chi connectivity index (χ4n) is 1.71. The summed E-state index contributed by atoms with van der Waals surface area (Å²) < 4.78 is 21.8. The summed E-state index contributed by atoms with van der Waals surface area (Å²) in [7, 11) is 9.01. The highest BCUT2D eigenvalue weighted by molar-refractivity contribution is 8.61. The van der Waals surface area contributed by atoms with Gasteiger partial charge in [0.15, 0.2) is 0 Å². The van der Waals surface area contributed by atoms with Crippen molar-refractivity contribution in [2.24, 2.45) is 0 Å². The Balaban J connectivity index is 2.77. The average Bonchev–Trinajstić information content (AvgIpc) is 2.55. The molecule has 8 heteroatoms. The molecule has 0 bridgehead atoms. The molecule has 0 amide bonds. The van der Waals surface area contributed by atoms with Crippen LogP contribution < -0.4 is 0 Å². The average molecular weight is 296 g/mol. The molecule has 5 atom stereocenters. The Morgan fingerprint density at radius 1 is 1.41 bits per heavy atom. The summed E-state index contributed by atoms with van der Waals surface area (Å²) in [6, 6.07) is -0.523. The third-order valence-electron chi connectivity index (χ3n) is 2.64. The monoisotopic (exact) mass is 296 g/mol. The van der Waals surface area contributed by atoms with Gasteiger partial charge >= 0.3 is 0 Å². The minimum Gasteiger partial charge on any atom is -0.382 e. The molecule has 0 aromatic rings. The molecule has 0 aromatic carbocycles. The van der Waals surface area contributed by atoms with Crippen LogP contribution in [0.5, 0.6) is 0 Å². The minimum atomic E-state index is -2.10. The van der Waals surface area contributed by atoms with Gasteiger partial charge in [-0.3, -0.25) is 0 Å². The van der Waals surface area contributed by atoms with E-state index in [0.29, 0.717) is 12.8 Å². The topological polar surface area (TPSA) is 36.9 Å². The van der Waals surface area contributed by atoms with Crippen LogP contribution in [-0.2, 0) is 30.5 Å². The van der Waals surface area contributed by atoms with Crippen molar-refractivity contribution in [3.8, 4) is 0 Å². The van der Waals surface area contributed by atoms with Gasteiger partial charge in [-0.1, -0.05) is 18.7 Å². The van der Waals surface area contributed by atoms with Crippen molar-refractivity contribution in [1.82, 2.24) is 0 Å². The third kappa shape index (κ3) is 4.20. The summed E-state index contributed by atoms with van der Waals surface area (Å²) in [6.07, 6.45) is -0.219. The van der Waals surface area contributed by atoms with Crippen molar-refractivity contribution in [1.29, 1.82) is 0 Å². The fraction of sp³-hybridized carbons (Fsp3) is 1.00. The zero-order chi connectivity index (χ0) is 13.1. The lowest BCUT2D eigenvalue weighted by Gasteiger charge is -2.27. The maximum Gasteiger partial charge on any atom is 0.120 e. The van der Waals surface area contributed by atoms with Gasteiger partial charge < -0.3 is 18.7 Å². The van der Waals surface area contributed by atoms with E-state index in [1.165, 1.54) is 0 Å². The second kappa shape index (κ2) is 6.89. The Morgan fingerprint density at radius 3 is 2.53 bits per heavy atom. The van der Waals surface area contributed by atoms with E-state index in [9.17, 15) is 0 Å². The van der Waals surface area contributed by atoms with Crippen LogP contribution in [0.1, 0.15) is 6.92 Å². The van der Waals surface area contributed by atoms with Crippen LogP contribution in [0.25, 0.3) is 0 Å². The van der Waals surface area contributed by atoms with E-state index < -0.39 is 11.5 Å². The molecule has 1 saturated heterocycles. The van der Waals surface area contributed by atoms with Crippen LogP contribution in [0.2, 0.25) is 0 Å². The van der Waals surface area contributed by atoms with Crippen molar-refractivity contribution in [2.45, 2.75) is 31.2 Å². The summed E-state index contributed by atoms with van der Waals surface area (Å²) >= 11 is 9.71. The Bertz CT molecular complexity index is 294. The van der Waals surface area contributed by atoms with E-state index >= 15 is 0 Å². The van der Waals surface area contributed by atoms with Crippen molar-refractivity contribution < 1.29 is 18.7 Å². The van der Waals surface area contributed by atoms with E-state index in [2.05, 4.69) is 12.2 Å². The van der Waals surface area contributed by atoms with Crippen molar-refractivity contribution in [3.05, 3.63) is 0 Å². The Labute approximate surface area is 114 Å². The molecule has 1 heterocycles. The van der Waals surface area contributed by atoms with E-state index in [-0.39, 0.29) is 18.3 Å². The lowest BCUT2D eigenvalue weighted by molar-refractivity contribution is -0.00933. The molecule has 0 N–H and O–H groups in total. The molecule has 0 aliphatic carbocycles. The molecule has 2 unspecified atom stereocenters. The second-order valence-corrected chi connectivity index (χ2v) is 10.5. The van der Waals surface area contributed by atoms with Gasteiger partial charge in [0, 0.05) is 26.4 Å². The van der Waals surface area contributed by atoms with Crippen LogP contribution >= 0.6 is 17.7 Å². The number of ether oxygens (including phenoxy) is 3. The van der Waals surface area contributed by atoms with Gasteiger partial charge in [-0.05, 0) is 0 Å². The molecule has 1 aliphatic heterocycles. The standard InChI is InChI=1S/C9H18BO4PS2/c1-4-15(16,17)14-7-6(5-11-2)13-9(10)8(7)12-3/h6-9H,4-5H2,1-3H3,(H,16,17)/t6-,7+,8?,9-/m1/s1. The molecular formula is C9H18BO4PS2. The molecule has 1 rings (SSSR count). The van der Waals surface area contributed by atoms with Crippen molar-refractivity contribution in [2.75, 3.05) is 27.0 Å². The predicted molar refractivity (Wildman–Crippen MR) is 75.8 cm³/mol. The molecule has 17 heavy (non-hydrogen) atoms. The van der Waals surface area contributed by atoms with Gasteiger partial charge in [-0.25, -0.2) is 0 Å². The second-order valence-electron chi connectivity index (χ2n) is 3.82. The molecule has 2 radical (unpaired) electrons. The number of methoxy groups -OCH3 is 2. The first-order valence-corrected chi connectivity index (χ1v) is 9.44. The Hall–Kier alpha value is 0.905. The molecule has 0 aromatic heterocycles. The zero-order valence-corrected chi connectivity index (χ0v) is 12.8. The van der Waals surface area contributed by atoms with Crippen molar-refractivity contribution in [3.63, 3.8) is 0 Å². The molecule has 98 valence electrons. The number of hydrogen-bond donors (Lipinski definition) is 1. The normalized spacial score (nSPS) is 36.9. The third-order valence-corrected chi connectivity index (χ3v) is 6.17. The van der Waals surface area contributed by atoms with E-state index in [1.807, 2.05) is 6.92 Å². The molecule has 4 nitrogen and oxygen atoms in total. The maximum atomic E-state index is 5.87. The highest BCUT2D eigenvalue weighted by atomic mass is 32.9. The van der Waals surface area contributed by atoms with Crippen LogP contribution in [0.3, 0.4) is 0 Å². The summed E-state index contributed by atoms with van der Waals surface area (Å²) in [5.41, 5.74) is -2.10. The minimum absolute atomic E-state index is 0.263. The van der Waals surface area contributed by atoms with Gasteiger partial charge in [-0.15, -0.1) is 12.2 Å². The summed E-state index contributed by atoms with van der Waals surface area (Å²) in [5.74, 6) is 0. The van der Waals surface area contributed by atoms with Crippen molar-refractivity contribution >= 4 is 37.4 Å². The van der Waals surface area contributed by atoms with E-state index in [4.69, 9.17) is 38.4 Å². The van der Waals surface area contributed by atoms with Gasteiger partial charge in [0.2, 0.25) is 0 Å². The van der Waals surface area contributed by atoms with Crippen LogP contribution in [0.4, 0.5) is 0 Å². The molecule has 1 aliphatic rings. The Kier molecular flexibility index (Phi) is 6.47. The zero-order valence-electron chi connectivity index (χ0n) is 10.2. The summed E-state index contributed by atoms with van der Waals surface area (Å²) in [4.78, 5) is 0. The first-order chi connectivity index (χ1) is 7.95. The number of hydrogen-bond acceptors (Lipinski definition) is 5. The van der Waals surface area contributed by atoms with Gasteiger partial charge in [0.25, 0.3) is 0 Å². The first kappa shape index (κ1) is 16.0. The summed E-state index contributed by atoms with van der Waals surface area (Å²) in [6.45, 7) is 2.35. The molecule has 1 fully saturated rings. The van der Waals surface area contributed by atoms with Crippen LogP contribution in [0.15, 0.2) is 0 Å². The quantitative estimate of drug-likeness (QED) is 0.453. The highest BCUT2D eigenvalue weighted by Gasteiger charge is 2.44. The maximum absolute atomic E-state index is 5.87. The van der Waals surface area contributed by atoms with Gasteiger partial charge in [0.1, 0.15) is 31.6 Å². The Morgan fingerprint density at radius 2 is 2.06 bits per heavy atom.